The summed E-state index contributed by atoms with van der Waals surface area (Å²) in [6, 6.07) is 15.4. The Bertz CT molecular complexity index is 1100. The van der Waals surface area contributed by atoms with Crippen molar-refractivity contribution < 1.29 is 19.1 Å². The lowest BCUT2D eigenvalue weighted by Gasteiger charge is -2.38. The summed E-state index contributed by atoms with van der Waals surface area (Å²) >= 11 is 0. The van der Waals surface area contributed by atoms with Gasteiger partial charge in [-0.25, -0.2) is 4.79 Å². The number of aromatic nitrogens is 1. The van der Waals surface area contributed by atoms with Gasteiger partial charge in [0.25, 0.3) is 5.91 Å². The van der Waals surface area contributed by atoms with Crippen LogP contribution in [0, 0.1) is 5.92 Å². The molecule has 2 atom stereocenters. The summed E-state index contributed by atoms with van der Waals surface area (Å²) in [6.07, 6.45) is 0.559. The number of benzene rings is 2. The number of fused-ring (bicyclic) bond motifs is 1. The molecule has 2 N–H and O–H groups in total. The number of nitrogens with zero attached hydrogens (tertiary/aromatic N) is 2. The molecule has 4 rings (SSSR count). The predicted octanol–water partition coefficient (Wildman–Crippen LogP) is 1.23. The van der Waals surface area contributed by atoms with E-state index in [0.29, 0.717) is 29.6 Å². The summed E-state index contributed by atoms with van der Waals surface area (Å²) < 4.78 is 6.50. The molecule has 156 valence electrons. The summed E-state index contributed by atoms with van der Waals surface area (Å²) in [7, 11) is 0. The minimum absolute atomic E-state index is 0.0758. The third-order valence-corrected chi connectivity index (χ3v) is 5.56. The molecule has 1 fully saturated rings. The maximum Gasteiger partial charge on any atom is 0.420 e. The molecule has 1 aromatic heterocycles. The first kappa shape index (κ1) is 19.9. The van der Waals surface area contributed by atoms with Gasteiger partial charge in [0, 0.05) is 31.2 Å². The van der Waals surface area contributed by atoms with Crippen LogP contribution < -0.4 is 11.1 Å². The molecule has 0 radical (unpaired) electrons. The molecule has 8 heteroatoms. The summed E-state index contributed by atoms with van der Waals surface area (Å²) in [5.41, 5.74) is 1.52. The molecule has 0 saturated carbocycles. The molecule has 3 aromatic rings. The Kier molecular flexibility index (Phi) is 5.67. The zero-order valence-electron chi connectivity index (χ0n) is 16.4. The van der Waals surface area contributed by atoms with E-state index in [1.54, 1.807) is 53.4 Å². The molecule has 0 aliphatic carbocycles. The molecule has 0 bridgehead atoms. The minimum Gasteiger partial charge on any atom is -0.408 e. The lowest BCUT2D eigenvalue weighted by atomic mass is 9.92. The first-order chi connectivity index (χ1) is 14.6. The van der Waals surface area contributed by atoms with Crippen molar-refractivity contribution in [2.24, 2.45) is 5.92 Å². The molecule has 0 unspecified atom stereocenters. The average molecular weight is 409 g/mol. The van der Waals surface area contributed by atoms with Crippen LogP contribution in [0.2, 0.25) is 0 Å². The van der Waals surface area contributed by atoms with Gasteiger partial charge in [-0.1, -0.05) is 30.3 Å². The topological polar surface area (TPSA) is 105 Å². The highest BCUT2D eigenvalue weighted by Gasteiger charge is 2.32. The van der Waals surface area contributed by atoms with Crippen LogP contribution in [0.1, 0.15) is 16.8 Å². The van der Waals surface area contributed by atoms with Crippen molar-refractivity contribution >= 4 is 22.9 Å². The quantitative estimate of drug-likeness (QED) is 0.660. The number of oxazole rings is 1. The van der Waals surface area contributed by atoms with Crippen LogP contribution in [0.4, 0.5) is 0 Å². The first-order valence-electron chi connectivity index (χ1n) is 9.89. The third-order valence-electron chi connectivity index (χ3n) is 5.56. The van der Waals surface area contributed by atoms with Crippen molar-refractivity contribution in [1.29, 1.82) is 0 Å². The van der Waals surface area contributed by atoms with E-state index >= 15 is 0 Å². The number of piperidine rings is 1. The lowest BCUT2D eigenvalue weighted by Crippen LogP contribution is -2.55. The minimum atomic E-state index is -0.580. The van der Waals surface area contributed by atoms with E-state index in [4.69, 9.17) is 4.42 Å². The molecule has 1 aliphatic heterocycles. The number of carbonyl (C=O) groups excluding carboxylic acids is 2. The van der Waals surface area contributed by atoms with Crippen LogP contribution in [-0.4, -0.2) is 52.1 Å². The first-order valence-corrected chi connectivity index (χ1v) is 9.89. The summed E-state index contributed by atoms with van der Waals surface area (Å²) in [6.45, 7) is 0.506. The normalized spacial score (nSPS) is 19.0. The van der Waals surface area contributed by atoms with E-state index in [1.165, 1.54) is 4.57 Å². The molecule has 0 spiro atoms. The van der Waals surface area contributed by atoms with Crippen molar-refractivity contribution in [3.63, 3.8) is 0 Å². The fourth-order valence-corrected chi connectivity index (χ4v) is 3.85. The average Bonchev–Trinajstić information content (AvgIpc) is 3.09. The zero-order chi connectivity index (χ0) is 21.1. The second-order valence-electron chi connectivity index (χ2n) is 7.44. The Balaban J connectivity index is 1.48. The van der Waals surface area contributed by atoms with Crippen LogP contribution in [0.25, 0.3) is 11.1 Å². The standard InChI is InChI=1S/C22H23N3O5/c26-14-16-10-11-24(12-17(16)23-21(28)15-6-2-1-3-7-15)20(27)13-25-18-8-4-5-9-19(18)30-22(25)29/h1-9,16-17,26H,10-14H2,(H,23,28)/t16-,17-/m1/s1. The van der Waals surface area contributed by atoms with Crippen LogP contribution in [-0.2, 0) is 11.3 Å². The van der Waals surface area contributed by atoms with Gasteiger partial charge in [0.1, 0.15) is 6.54 Å². The van der Waals surface area contributed by atoms with Crippen molar-refractivity contribution in [3.05, 3.63) is 70.7 Å². The SMILES string of the molecule is O=C(N[C@@H]1CN(C(=O)Cn2c(=O)oc3ccccc32)CC[C@@H]1CO)c1ccccc1. The van der Waals surface area contributed by atoms with Gasteiger partial charge in [-0.2, -0.15) is 0 Å². The molecular weight excluding hydrogens is 386 g/mol. The predicted molar refractivity (Wildman–Crippen MR) is 110 cm³/mol. The van der Waals surface area contributed by atoms with Gasteiger partial charge in [-0.05, 0) is 30.7 Å². The zero-order valence-corrected chi connectivity index (χ0v) is 16.4. The van der Waals surface area contributed by atoms with E-state index in [0.717, 1.165) is 0 Å². The fraction of sp³-hybridized carbons (Fsp3) is 0.318. The highest BCUT2D eigenvalue weighted by atomic mass is 16.4. The van der Waals surface area contributed by atoms with E-state index in [1.807, 2.05) is 6.07 Å². The number of hydrogen-bond donors (Lipinski definition) is 2. The molecule has 2 heterocycles. The Hall–Kier alpha value is -3.39. The molecule has 1 saturated heterocycles. The van der Waals surface area contributed by atoms with Gasteiger partial charge in [0.15, 0.2) is 5.58 Å². The molecular formula is C22H23N3O5. The molecule has 1 aliphatic rings. The smallest absolute Gasteiger partial charge is 0.408 e. The monoisotopic (exact) mass is 409 g/mol. The third kappa shape index (κ3) is 3.99. The van der Waals surface area contributed by atoms with E-state index in [-0.39, 0.29) is 43.5 Å². The second kappa shape index (κ2) is 8.54. The van der Waals surface area contributed by atoms with Gasteiger partial charge >= 0.3 is 5.76 Å². The number of amides is 2. The van der Waals surface area contributed by atoms with Crippen molar-refractivity contribution in [2.75, 3.05) is 19.7 Å². The maximum atomic E-state index is 12.9. The number of nitrogens with one attached hydrogen (secondary N) is 1. The number of carbonyl (C=O) groups is 2. The number of aliphatic hydroxyl groups excluding tert-OH is 1. The highest BCUT2D eigenvalue weighted by molar-refractivity contribution is 5.94. The summed E-state index contributed by atoms with van der Waals surface area (Å²) in [4.78, 5) is 39.2. The van der Waals surface area contributed by atoms with Crippen molar-refractivity contribution in [3.8, 4) is 0 Å². The highest BCUT2D eigenvalue weighted by Crippen LogP contribution is 2.19. The Morgan fingerprint density at radius 1 is 1.10 bits per heavy atom. The molecule has 2 amide bonds. The molecule has 2 aromatic carbocycles. The lowest BCUT2D eigenvalue weighted by molar-refractivity contribution is -0.134. The maximum absolute atomic E-state index is 12.9. The van der Waals surface area contributed by atoms with E-state index in [9.17, 15) is 19.5 Å². The van der Waals surface area contributed by atoms with Crippen LogP contribution in [0.15, 0.2) is 63.8 Å². The van der Waals surface area contributed by atoms with Crippen LogP contribution >= 0.6 is 0 Å². The number of aliphatic hydroxyl groups is 1. The van der Waals surface area contributed by atoms with Gasteiger partial charge < -0.3 is 19.7 Å². The number of para-hydroxylation sites is 2. The summed E-state index contributed by atoms with van der Waals surface area (Å²) in [5, 5.41) is 12.7. The van der Waals surface area contributed by atoms with Crippen LogP contribution in [0.3, 0.4) is 0 Å². The Labute approximate surface area is 172 Å². The fourth-order valence-electron chi connectivity index (χ4n) is 3.85. The van der Waals surface area contributed by atoms with E-state index in [2.05, 4.69) is 5.32 Å². The van der Waals surface area contributed by atoms with E-state index < -0.39 is 5.76 Å². The summed E-state index contributed by atoms with van der Waals surface area (Å²) in [5.74, 6) is -1.20. The molecule has 8 nitrogen and oxygen atoms in total. The number of rotatable bonds is 5. The van der Waals surface area contributed by atoms with Gasteiger partial charge in [-0.3, -0.25) is 14.2 Å². The largest absolute Gasteiger partial charge is 0.420 e. The molecule has 30 heavy (non-hydrogen) atoms. The van der Waals surface area contributed by atoms with Crippen LogP contribution in [0.5, 0.6) is 0 Å². The van der Waals surface area contributed by atoms with Gasteiger partial charge in [-0.15, -0.1) is 0 Å². The Morgan fingerprint density at radius 3 is 2.60 bits per heavy atom. The Morgan fingerprint density at radius 2 is 1.83 bits per heavy atom. The van der Waals surface area contributed by atoms with Gasteiger partial charge in [0.05, 0.1) is 11.6 Å². The number of hydrogen-bond acceptors (Lipinski definition) is 5. The van der Waals surface area contributed by atoms with Crippen molar-refractivity contribution in [1.82, 2.24) is 14.8 Å². The van der Waals surface area contributed by atoms with Gasteiger partial charge in [0.2, 0.25) is 5.91 Å². The number of likely N-dealkylation sites (tertiary alicyclic amines) is 1. The van der Waals surface area contributed by atoms with Crippen molar-refractivity contribution in [2.45, 2.75) is 19.0 Å². The second-order valence-corrected chi connectivity index (χ2v) is 7.44.